The lowest BCUT2D eigenvalue weighted by atomic mass is 9.96. The minimum Gasteiger partial charge on any atom is -0.493 e. The lowest BCUT2D eigenvalue weighted by molar-refractivity contribution is -0.136. The maximum Gasteiger partial charge on any atom is 0.226 e. The Morgan fingerprint density at radius 1 is 1.09 bits per heavy atom. The molecule has 166 valence electrons. The predicted octanol–water partition coefficient (Wildman–Crippen LogP) is 2.59. The van der Waals surface area contributed by atoms with Gasteiger partial charge < -0.3 is 15.0 Å². The van der Waals surface area contributed by atoms with Crippen molar-refractivity contribution in [2.24, 2.45) is 5.92 Å². The number of para-hydroxylation sites is 1. The Labute approximate surface area is 187 Å². The van der Waals surface area contributed by atoms with Crippen molar-refractivity contribution in [3.05, 3.63) is 72.7 Å². The van der Waals surface area contributed by atoms with Crippen LogP contribution in [-0.4, -0.2) is 51.2 Å². The summed E-state index contributed by atoms with van der Waals surface area (Å²) in [6, 6.07) is 15.0. The van der Waals surface area contributed by atoms with Gasteiger partial charge in [0.25, 0.3) is 0 Å². The van der Waals surface area contributed by atoms with Crippen LogP contribution in [0.1, 0.15) is 24.8 Å². The van der Waals surface area contributed by atoms with Gasteiger partial charge >= 0.3 is 0 Å². The first-order chi connectivity index (χ1) is 15.7. The second-order valence-electron chi connectivity index (χ2n) is 7.74. The molecule has 1 aliphatic heterocycles. The molecule has 1 atom stereocenters. The summed E-state index contributed by atoms with van der Waals surface area (Å²) in [6.45, 7) is 1.81. The van der Waals surface area contributed by atoms with Crippen LogP contribution < -0.4 is 10.1 Å². The number of nitrogens with zero attached hydrogens (tertiary/aromatic N) is 4. The number of amides is 2. The molecule has 8 heteroatoms. The molecule has 0 aliphatic carbocycles. The molecule has 0 bridgehead atoms. The van der Waals surface area contributed by atoms with Crippen molar-refractivity contribution in [1.82, 2.24) is 25.0 Å². The van der Waals surface area contributed by atoms with Crippen molar-refractivity contribution in [2.45, 2.75) is 25.8 Å². The lowest BCUT2D eigenvalue weighted by Gasteiger charge is -2.32. The third kappa shape index (κ3) is 5.51. The number of likely N-dealkylation sites (tertiary alicyclic amines) is 1. The molecule has 4 rings (SSSR count). The summed E-state index contributed by atoms with van der Waals surface area (Å²) in [5.74, 6) is 1.20. The van der Waals surface area contributed by atoms with Crippen molar-refractivity contribution in [3.63, 3.8) is 0 Å². The van der Waals surface area contributed by atoms with Gasteiger partial charge in [0.05, 0.1) is 18.9 Å². The Kier molecular flexibility index (Phi) is 7.12. The summed E-state index contributed by atoms with van der Waals surface area (Å²) in [7, 11) is 0. The minimum atomic E-state index is -0.215. The van der Waals surface area contributed by atoms with Crippen molar-refractivity contribution >= 4 is 11.8 Å². The van der Waals surface area contributed by atoms with E-state index in [1.807, 2.05) is 54.7 Å². The molecule has 3 heterocycles. The molecule has 0 saturated carbocycles. The topological polar surface area (TPSA) is 89.4 Å². The molecule has 0 radical (unpaired) electrons. The molecule has 8 nitrogen and oxygen atoms in total. The van der Waals surface area contributed by atoms with Gasteiger partial charge in [0.2, 0.25) is 11.8 Å². The number of hydrogen-bond donors (Lipinski definition) is 1. The van der Waals surface area contributed by atoms with Gasteiger partial charge in [-0.25, -0.2) is 9.67 Å². The van der Waals surface area contributed by atoms with Gasteiger partial charge in [-0.05, 0) is 37.1 Å². The first kappa shape index (κ1) is 21.5. The normalized spacial score (nSPS) is 15.9. The van der Waals surface area contributed by atoms with E-state index >= 15 is 0 Å². The van der Waals surface area contributed by atoms with Crippen LogP contribution in [0.5, 0.6) is 5.75 Å². The van der Waals surface area contributed by atoms with Crippen molar-refractivity contribution in [3.8, 4) is 11.6 Å². The smallest absolute Gasteiger partial charge is 0.226 e. The van der Waals surface area contributed by atoms with E-state index in [0.29, 0.717) is 38.5 Å². The maximum absolute atomic E-state index is 12.8. The van der Waals surface area contributed by atoms with E-state index in [1.54, 1.807) is 22.0 Å². The first-order valence-electron chi connectivity index (χ1n) is 10.9. The van der Waals surface area contributed by atoms with E-state index in [-0.39, 0.29) is 17.7 Å². The minimum absolute atomic E-state index is 0.0201. The first-order valence-corrected chi connectivity index (χ1v) is 10.9. The van der Waals surface area contributed by atoms with E-state index in [2.05, 4.69) is 15.4 Å². The summed E-state index contributed by atoms with van der Waals surface area (Å²) in [6.07, 6.45) is 7.10. The van der Waals surface area contributed by atoms with Crippen LogP contribution >= 0.6 is 0 Å². The molecule has 2 amide bonds. The molecule has 1 fully saturated rings. The van der Waals surface area contributed by atoms with Crippen molar-refractivity contribution in [1.29, 1.82) is 0 Å². The lowest BCUT2D eigenvalue weighted by Crippen LogP contribution is -2.45. The maximum atomic E-state index is 12.8. The van der Waals surface area contributed by atoms with Gasteiger partial charge in [-0.1, -0.05) is 24.3 Å². The van der Waals surface area contributed by atoms with Gasteiger partial charge in [-0.15, -0.1) is 0 Å². The van der Waals surface area contributed by atoms with Crippen LogP contribution in [0.4, 0.5) is 0 Å². The van der Waals surface area contributed by atoms with E-state index in [4.69, 9.17) is 4.74 Å². The Balaban J connectivity index is 1.27. The summed E-state index contributed by atoms with van der Waals surface area (Å²) >= 11 is 0. The van der Waals surface area contributed by atoms with Gasteiger partial charge in [0, 0.05) is 43.8 Å². The van der Waals surface area contributed by atoms with Crippen LogP contribution in [0.3, 0.4) is 0 Å². The largest absolute Gasteiger partial charge is 0.493 e. The number of piperidine rings is 1. The van der Waals surface area contributed by atoms with Crippen molar-refractivity contribution in [2.75, 3.05) is 19.7 Å². The highest BCUT2D eigenvalue weighted by atomic mass is 16.5. The van der Waals surface area contributed by atoms with Crippen LogP contribution in [0.2, 0.25) is 0 Å². The van der Waals surface area contributed by atoms with Gasteiger partial charge in [-0.2, -0.15) is 5.10 Å². The van der Waals surface area contributed by atoms with Crippen LogP contribution in [-0.2, 0) is 16.1 Å². The second kappa shape index (κ2) is 10.6. The molecule has 32 heavy (non-hydrogen) atoms. The molecule has 1 aliphatic rings. The van der Waals surface area contributed by atoms with Gasteiger partial charge in [-0.3, -0.25) is 9.59 Å². The van der Waals surface area contributed by atoms with E-state index in [1.165, 1.54) is 0 Å². The third-order valence-electron chi connectivity index (χ3n) is 5.51. The molecular weight excluding hydrogens is 406 g/mol. The zero-order valence-electron chi connectivity index (χ0n) is 17.9. The van der Waals surface area contributed by atoms with Crippen LogP contribution in [0, 0.1) is 5.92 Å². The number of pyridine rings is 1. The SMILES string of the molecule is O=C(NCc1cccnc1-n1cccn1)C1CCCN(C(=O)CCOc2ccccc2)C1. The Hall–Kier alpha value is -3.68. The van der Waals surface area contributed by atoms with Gasteiger partial charge in [0.15, 0.2) is 5.82 Å². The number of ether oxygens (including phenoxy) is 1. The van der Waals surface area contributed by atoms with E-state index < -0.39 is 0 Å². The third-order valence-corrected chi connectivity index (χ3v) is 5.51. The quantitative estimate of drug-likeness (QED) is 0.590. The average Bonchev–Trinajstić information content (AvgIpc) is 3.38. The second-order valence-corrected chi connectivity index (χ2v) is 7.74. The zero-order chi connectivity index (χ0) is 22.2. The molecule has 1 unspecified atom stereocenters. The van der Waals surface area contributed by atoms with Crippen molar-refractivity contribution < 1.29 is 14.3 Å². The molecular formula is C24H27N5O3. The molecule has 1 aromatic carbocycles. The number of nitrogens with one attached hydrogen (secondary N) is 1. The number of aromatic nitrogens is 3. The standard InChI is InChI=1S/C24H27N5O3/c30-22(11-16-32-21-9-2-1-3-10-21)28-14-5-8-20(18-28)24(31)26-17-19-7-4-12-25-23(19)29-15-6-13-27-29/h1-4,6-7,9-10,12-13,15,20H,5,8,11,14,16-18H2,(H,26,31). The van der Waals surface area contributed by atoms with Crippen LogP contribution in [0.25, 0.3) is 5.82 Å². The number of carbonyl (C=O) groups excluding carboxylic acids is 2. The number of benzene rings is 1. The van der Waals surface area contributed by atoms with E-state index in [0.717, 1.165) is 24.2 Å². The Bertz CT molecular complexity index is 1020. The number of rotatable bonds is 8. The number of carbonyl (C=O) groups is 2. The molecule has 3 aromatic rings. The monoisotopic (exact) mass is 433 g/mol. The number of hydrogen-bond acceptors (Lipinski definition) is 5. The summed E-state index contributed by atoms with van der Waals surface area (Å²) in [5.41, 5.74) is 0.881. The zero-order valence-corrected chi connectivity index (χ0v) is 17.9. The fourth-order valence-corrected chi connectivity index (χ4v) is 3.84. The fraction of sp³-hybridized carbons (Fsp3) is 0.333. The highest BCUT2D eigenvalue weighted by Gasteiger charge is 2.28. The fourth-order valence-electron chi connectivity index (χ4n) is 3.84. The molecule has 0 spiro atoms. The summed E-state index contributed by atoms with van der Waals surface area (Å²) in [5, 5.41) is 7.24. The Morgan fingerprint density at radius 2 is 1.97 bits per heavy atom. The summed E-state index contributed by atoms with van der Waals surface area (Å²) in [4.78, 5) is 31.6. The molecule has 2 aromatic heterocycles. The van der Waals surface area contributed by atoms with Gasteiger partial charge in [0.1, 0.15) is 5.75 Å². The Morgan fingerprint density at radius 3 is 2.78 bits per heavy atom. The van der Waals surface area contributed by atoms with E-state index in [9.17, 15) is 9.59 Å². The average molecular weight is 434 g/mol. The van der Waals surface area contributed by atoms with Crippen LogP contribution in [0.15, 0.2) is 67.1 Å². The highest BCUT2D eigenvalue weighted by molar-refractivity contribution is 5.81. The molecule has 1 N–H and O–H groups in total. The molecule has 1 saturated heterocycles. The predicted molar refractivity (Wildman–Crippen MR) is 119 cm³/mol. The highest BCUT2D eigenvalue weighted by Crippen LogP contribution is 2.18. The summed E-state index contributed by atoms with van der Waals surface area (Å²) < 4.78 is 7.31.